The van der Waals surface area contributed by atoms with Gasteiger partial charge in [0, 0.05) is 0 Å². The second-order valence-corrected chi connectivity index (χ2v) is 2.94. The highest BCUT2D eigenvalue weighted by molar-refractivity contribution is 14.1. The Morgan fingerprint density at radius 2 is 2.45 bits per heavy atom. The van der Waals surface area contributed by atoms with E-state index in [2.05, 4.69) is 28.7 Å². The van der Waals surface area contributed by atoms with Gasteiger partial charge in [0.2, 0.25) is 0 Å². The molecule has 0 aliphatic heterocycles. The second kappa shape index (κ2) is 4.77. The topological polar surface area (TPSA) is 29.5 Å². The second-order valence-electron chi connectivity index (χ2n) is 2.32. The van der Waals surface area contributed by atoms with Crippen LogP contribution in [0.15, 0.2) is 23.5 Å². The van der Waals surface area contributed by atoms with Gasteiger partial charge in [-0.15, -0.1) is 0 Å². The molecule has 1 rings (SSSR count). The van der Waals surface area contributed by atoms with E-state index in [9.17, 15) is 0 Å². The SMILES string of the molecule is OCC1=C(OCI)C=CCC1. The van der Waals surface area contributed by atoms with Gasteiger partial charge in [-0.05, 0) is 47.1 Å². The zero-order valence-corrected chi connectivity index (χ0v) is 8.37. The van der Waals surface area contributed by atoms with Gasteiger partial charge in [-0.1, -0.05) is 6.08 Å². The molecule has 0 unspecified atom stereocenters. The van der Waals surface area contributed by atoms with Crippen LogP contribution in [-0.4, -0.2) is 16.3 Å². The van der Waals surface area contributed by atoms with E-state index in [1.807, 2.05) is 6.08 Å². The van der Waals surface area contributed by atoms with E-state index >= 15 is 0 Å². The minimum absolute atomic E-state index is 0.121. The van der Waals surface area contributed by atoms with Crippen molar-refractivity contribution in [3.05, 3.63) is 23.5 Å². The molecule has 62 valence electrons. The molecule has 0 fully saturated rings. The largest absolute Gasteiger partial charge is 0.483 e. The molecule has 0 saturated carbocycles. The van der Waals surface area contributed by atoms with Crippen LogP contribution in [0.4, 0.5) is 0 Å². The summed E-state index contributed by atoms with van der Waals surface area (Å²) in [6.07, 6.45) is 5.96. The van der Waals surface area contributed by atoms with Crippen LogP contribution in [-0.2, 0) is 4.74 Å². The average molecular weight is 266 g/mol. The molecule has 1 N–H and O–H groups in total. The third-order valence-corrected chi connectivity index (χ3v) is 1.94. The Morgan fingerprint density at radius 3 is 3.09 bits per heavy atom. The maximum atomic E-state index is 8.91. The summed E-state index contributed by atoms with van der Waals surface area (Å²) in [6.45, 7) is 0.121. The third-order valence-electron chi connectivity index (χ3n) is 1.63. The Balaban J connectivity index is 2.66. The van der Waals surface area contributed by atoms with Gasteiger partial charge in [0.25, 0.3) is 0 Å². The monoisotopic (exact) mass is 266 g/mol. The first kappa shape index (κ1) is 9.06. The summed E-state index contributed by atoms with van der Waals surface area (Å²) in [6, 6.07) is 0. The van der Waals surface area contributed by atoms with Crippen molar-refractivity contribution in [2.24, 2.45) is 0 Å². The molecule has 0 aromatic carbocycles. The normalized spacial score (nSPS) is 17.3. The molecule has 1 aliphatic rings. The van der Waals surface area contributed by atoms with Crippen molar-refractivity contribution < 1.29 is 9.84 Å². The molecule has 2 nitrogen and oxygen atoms in total. The summed E-state index contributed by atoms with van der Waals surface area (Å²) in [7, 11) is 0. The first-order valence-electron chi connectivity index (χ1n) is 3.56. The van der Waals surface area contributed by atoms with Crippen molar-refractivity contribution in [3.63, 3.8) is 0 Å². The highest BCUT2D eigenvalue weighted by Crippen LogP contribution is 2.19. The number of rotatable bonds is 3. The Hall–Kier alpha value is -0.0300. The minimum Gasteiger partial charge on any atom is -0.483 e. The zero-order chi connectivity index (χ0) is 8.10. The molecular formula is C8H11IO2. The molecule has 3 heteroatoms. The zero-order valence-electron chi connectivity index (χ0n) is 6.22. The molecule has 0 bridgehead atoms. The van der Waals surface area contributed by atoms with E-state index in [-0.39, 0.29) is 6.61 Å². The van der Waals surface area contributed by atoms with Crippen molar-refractivity contribution in [2.45, 2.75) is 12.8 Å². The minimum atomic E-state index is 0.121. The molecular weight excluding hydrogens is 255 g/mol. The Kier molecular flexibility index (Phi) is 3.93. The summed E-state index contributed by atoms with van der Waals surface area (Å²) in [5, 5.41) is 8.91. The summed E-state index contributed by atoms with van der Waals surface area (Å²) in [5.74, 6) is 0.855. The van der Waals surface area contributed by atoms with Crippen LogP contribution in [0.3, 0.4) is 0 Å². The predicted molar refractivity (Wildman–Crippen MR) is 52.5 cm³/mol. The molecule has 0 aromatic heterocycles. The third kappa shape index (κ3) is 2.48. The van der Waals surface area contributed by atoms with Crippen LogP contribution in [0.2, 0.25) is 0 Å². The van der Waals surface area contributed by atoms with Gasteiger partial charge >= 0.3 is 0 Å². The van der Waals surface area contributed by atoms with E-state index in [1.165, 1.54) is 0 Å². The summed E-state index contributed by atoms with van der Waals surface area (Å²) in [4.78, 5) is 0. The summed E-state index contributed by atoms with van der Waals surface area (Å²) < 4.78 is 5.95. The van der Waals surface area contributed by atoms with Crippen LogP contribution in [0, 0.1) is 0 Å². The Morgan fingerprint density at radius 1 is 1.64 bits per heavy atom. The van der Waals surface area contributed by atoms with E-state index in [4.69, 9.17) is 9.84 Å². The molecule has 0 spiro atoms. The van der Waals surface area contributed by atoms with Crippen LogP contribution in [0.1, 0.15) is 12.8 Å². The molecule has 0 atom stereocenters. The van der Waals surface area contributed by atoms with Gasteiger partial charge in [0.15, 0.2) is 0 Å². The molecule has 0 aromatic rings. The number of hydrogen-bond donors (Lipinski definition) is 1. The van der Waals surface area contributed by atoms with Crippen LogP contribution < -0.4 is 0 Å². The number of allylic oxidation sites excluding steroid dienone is 2. The lowest BCUT2D eigenvalue weighted by Gasteiger charge is -2.13. The first-order chi connectivity index (χ1) is 5.38. The van der Waals surface area contributed by atoms with E-state index in [0.717, 1.165) is 24.2 Å². The number of halogens is 1. The van der Waals surface area contributed by atoms with Crippen molar-refractivity contribution in [1.82, 2.24) is 0 Å². The fourth-order valence-corrected chi connectivity index (χ4v) is 1.39. The Bertz CT molecular complexity index is 185. The fourth-order valence-electron chi connectivity index (χ4n) is 1.05. The lowest BCUT2D eigenvalue weighted by molar-refractivity contribution is 0.268. The molecule has 1 aliphatic carbocycles. The smallest absolute Gasteiger partial charge is 0.139 e. The van der Waals surface area contributed by atoms with E-state index in [1.54, 1.807) is 0 Å². The first-order valence-corrected chi connectivity index (χ1v) is 5.09. The van der Waals surface area contributed by atoms with Crippen molar-refractivity contribution in [2.75, 3.05) is 11.2 Å². The number of ether oxygens (including phenoxy) is 1. The van der Waals surface area contributed by atoms with Crippen LogP contribution in [0.25, 0.3) is 0 Å². The van der Waals surface area contributed by atoms with E-state index in [0.29, 0.717) is 4.61 Å². The van der Waals surface area contributed by atoms with Gasteiger partial charge in [0.1, 0.15) is 10.4 Å². The van der Waals surface area contributed by atoms with Crippen molar-refractivity contribution >= 4 is 22.6 Å². The number of alkyl halides is 1. The van der Waals surface area contributed by atoms with Crippen molar-refractivity contribution in [3.8, 4) is 0 Å². The van der Waals surface area contributed by atoms with Gasteiger partial charge in [0.05, 0.1) is 6.61 Å². The van der Waals surface area contributed by atoms with Gasteiger partial charge in [-0.3, -0.25) is 0 Å². The lowest BCUT2D eigenvalue weighted by atomic mass is 10.0. The molecule has 0 radical (unpaired) electrons. The predicted octanol–water partition coefficient (Wildman–Crippen LogP) is 1.99. The molecule has 0 amide bonds. The summed E-state index contributed by atoms with van der Waals surface area (Å²) >= 11 is 2.14. The van der Waals surface area contributed by atoms with E-state index < -0.39 is 0 Å². The highest BCUT2D eigenvalue weighted by Gasteiger charge is 2.07. The van der Waals surface area contributed by atoms with Gasteiger partial charge < -0.3 is 9.84 Å². The van der Waals surface area contributed by atoms with Gasteiger partial charge in [-0.25, -0.2) is 0 Å². The maximum absolute atomic E-state index is 8.91. The standard InChI is InChI=1S/C8H11IO2/c9-6-11-8-4-2-1-3-7(8)5-10/h2,4,10H,1,3,5-6H2. The highest BCUT2D eigenvalue weighted by atomic mass is 127. The molecule has 0 heterocycles. The lowest BCUT2D eigenvalue weighted by Crippen LogP contribution is -2.01. The summed E-state index contributed by atoms with van der Waals surface area (Å²) in [5.41, 5.74) is 1.02. The van der Waals surface area contributed by atoms with Gasteiger partial charge in [-0.2, -0.15) is 0 Å². The number of hydrogen-bond acceptors (Lipinski definition) is 2. The quantitative estimate of drug-likeness (QED) is 0.625. The van der Waals surface area contributed by atoms with Crippen molar-refractivity contribution in [1.29, 1.82) is 0 Å². The number of aliphatic hydroxyl groups excluding tert-OH is 1. The molecule has 0 saturated heterocycles. The average Bonchev–Trinajstić information content (AvgIpc) is 2.06. The Labute approximate surface area is 80.1 Å². The van der Waals surface area contributed by atoms with Crippen LogP contribution in [0.5, 0.6) is 0 Å². The number of aliphatic hydroxyl groups is 1. The molecule has 11 heavy (non-hydrogen) atoms. The van der Waals surface area contributed by atoms with Crippen LogP contribution >= 0.6 is 22.6 Å². The fraction of sp³-hybridized carbons (Fsp3) is 0.500. The maximum Gasteiger partial charge on any atom is 0.139 e.